The van der Waals surface area contributed by atoms with Gasteiger partial charge in [0.05, 0.1) is 39.5 Å². The predicted octanol–water partition coefficient (Wildman–Crippen LogP) is 4.41. The van der Waals surface area contributed by atoms with Crippen LogP contribution in [0, 0.1) is 56.7 Å². The molecule has 36 heavy (non-hydrogen) atoms. The molecule has 0 aliphatic carbocycles. The highest BCUT2D eigenvalue weighted by Crippen LogP contribution is 2.41. The maximum Gasteiger partial charge on any atom is 0.417 e. The van der Waals surface area contributed by atoms with Crippen LogP contribution in [0.5, 0.6) is 0 Å². The largest absolute Gasteiger partial charge is 0.417 e. The molecule has 180 valence electrons. The third-order valence-electron chi connectivity index (χ3n) is 4.61. The van der Waals surface area contributed by atoms with Crippen molar-refractivity contribution in [1.82, 2.24) is 0 Å². The van der Waals surface area contributed by atoms with E-state index in [4.69, 9.17) is 15.8 Å². The van der Waals surface area contributed by atoms with Crippen LogP contribution < -0.4 is 10.4 Å². The molecule has 0 N–H and O–H groups in total. The Kier molecular flexibility index (Phi) is 7.06. The standard InChI is InChI=1S/C22H4F9N5/c23-20(24,25)17-2-10(3-18(16(17)9-36)21(26,27)28)15(8-35)13-4-19(22(29,30)31)14(1-11(13)5-32)12(6-33)7-34/h1-4H/b15-13+. The molecule has 0 aliphatic heterocycles. The maximum absolute atomic E-state index is 13.7. The van der Waals surface area contributed by atoms with Gasteiger partial charge in [0.15, 0.2) is 0 Å². The molecule has 0 heterocycles. The Hall–Kier alpha value is -5.00. The normalized spacial score (nSPS) is 12.3. The molecule has 2 rings (SSSR count). The van der Waals surface area contributed by atoms with E-state index < -0.39 is 73.5 Å². The molecular weight excluding hydrogens is 505 g/mol. The number of hydrogen-bond acceptors (Lipinski definition) is 5. The summed E-state index contributed by atoms with van der Waals surface area (Å²) in [4.78, 5) is 0. The van der Waals surface area contributed by atoms with Crippen LogP contribution in [0.2, 0.25) is 0 Å². The van der Waals surface area contributed by atoms with E-state index in [1.807, 2.05) is 0 Å². The molecule has 0 unspecified atom stereocenters. The van der Waals surface area contributed by atoms with Crippen molar-refractivity contribution in [2.24, 2.45) is 0 Å². The van der Waals surface area contributed by atoms with Crippen molar-refractivity contribution < 1.29 is 39.5 Å². The summed E-state index contributed by atoms with van der Waals surface area (Å²) >= 11 is 0. The van der Waals surface area contributed by atoms with E-state index in [1.54, 1.807) is 0 Å². The number of rotatable bonds is 1. The molecular formula is C22H4F9N5. The highest BCUT2D eigenvalue weighted by Gasteiger charge is 2.42. The summed E-state index contributed by atoms with van der Waals surface area (Å²) in [5, 5.41) is 43.6. The summed E-state index contributed by atoms with van der Waals surface area (Å²) in [6, 6.07) is 6.08. The van der Waals surface area contributed by atoms with Gasteiger partial charge in [0.25, 0.3) is 0 Å². The molecule has 0 bridgehead atoms. The van der Waals surface area contributed by atoms with Gasteiger partial charge in [-0.05, 0) is 29.8 Å². The number of nitriles is 5. The first-order valence-electron chi connectivity index (χ1n) is 8.88. The third-order valence-corrected chi connectivity index (χ3v) is 4.61. The lowest BCUT2D eigenvalue weighted by Crippen LogP contribution is -2.28. The van der Waals surface area contributed by atoms with Crippen molar-refractivity contribution in [3.8, 4) is 30.3 Å². The van der Waals surface area contributed by atoms with Gasteiger partial charge < -0.3 is 0 Å². The Bertz CT molecular complexity index is 1540. The van der Waals surface area contributed by atoms with Gasteiger partial charge >= 0.3 is 18.5 Å². The van der Waals surface area contributed by atoms with Crippen molar-refractivity contribution in [3.05, 3.63) is 68.1 Å². The van der Waals surface area contributed by atoms with Crippen molar-refractivity contribution in [3.63, 3.8) is 0 Å². The fraction of sp³-hybridized carbons (Fsp3) is 0.136. The van der Waals surface area contributed by atoms with E-state index in [9.17, 15) is 50.0 Å². The molecule has 2 aromatic rings. The second-order valence-electron chi connectivity index (χ2n) is 6.69. The smallest absolute Gasteiger partial charge is 0.192 e. The molecule has 0 aliphatic rings. The van der Waals surface area contributed by atoms with Crippen molar-refractivity contribution in [1.29, 1.82) is 26.3 Å². The van der Waals surface area contributed by atoms with E-state index >= 15 is 0 Å². The zero-order valence-electron chi connectivity index (χ0n) is 16.9. The highest BCUT2D eigenvalue weighted by molar-refractivity contribution is 5.80. The second-order valence-corrected chi connectivity index (χ2v) is 6.69. The molecule has 2 aromatic carbocycles. The van der Waals surface area contributed by atoms with Gasteiger partial charge in [-0.1, -0.05) is 0 Å². The minimum Gasteiger partial charge on any atom is -0.192 e. The van der Waals surface area contributed by atoms with E-state index in [-0.39, 0.29) is 18.2 Å². The van der Waals surface area contributed by atoms with Crippen LogP contribution in [0.4, 0.5) is 39.5 Å². The van der Waals surface area contributed by atoms with Crippen LogP contribution in [-0.2, 0) is 18.5 Å². The van der Waals surface area contributed by atoms with Gasteiger partial charge in [-0.3, -0.25) is 0 Å². The SMILES string of the molecule is N#CC(C#N)=c1cc(C#N)/c(=C(\C#N)c2cc(C(F)(F)F)c(C#N)c(C(F)(F)F)c2)cc1C(F)(F)F. The second kappa shape index (κ2) is 9.33. The molecule has 5 nitrogen and oxygen atoms in total. The van der Waals surface area contributed by atoms with E-state index in [0.29, 0.717) is 6.07 Å². The first kappa shape index (κ1) is 27.2. The molecule has 0 saturated carbocycles. The Morgan fingerprint density at radius 3 is 1.36 bits per heavy atom. The Morgan fingerprint density at radius 1 is 0.556 bits per heavy atom. The zero-order chi connectivity index (χ0) is 27.6. The van der Waals surface area contributed by atoms with E-state index in [1.165, 1.54) is 24.3 Å². The first-order chi connectivity index (χ1) is 16.5. The first-order valence-corrected chi connectivity index (χ1v) is 8.88. The number of hydrogen-bond donors (Lipinski definition) is 0. The minimum atomic E-state index is -5.54. The summed E-state index contributed by atoms with van der Waals surface area (Å²) in [6.45, 7) is 0. The van der Waals surface area contributed by atoms with Crippen LogP contribution in [-0.4, -0.2) is 0 Å². The molecule has 0 aromatic heterocycles. The maximum atomic E-state index is 13.7. The quantitative estimate of drug-likeness (QED) is 0.528. The van der Waals surface area contributed by atoms with Gasteiger partial charge in [-0.2, -0.15) is 65.8 Å². The average Bonchev–Trinajstić information content (AvgIpc) is 2.78. The third kappa shape index (κ3) is 5.06. The van der Waals surface area contributed by atoms with Crippen LogP contribution in [0.15, 0.2) is 24.3 Å². The fourth-order valence-corrected chi connectivity index (χ4v) is 3.12. The van der Waals surface area contributed by atoms with Gasteiger partial charge in [0.1, 0.15) is 29.8 Å². The summed E-state index contributed by atoms with van der Waals surface area (Å²) in [7, 11) is 0. The lowest BCUT2D eigenvalue weighted by atomic mass is 9.91. The molecule has 0 amide bonds. The van der Waals surface area contributed by atoms with Crippen LogP contribution in [0.25, 0.3) is 11.1 Å². The van der Waals surface area contributed by atoms with Crippen molar-refractivity contribution >= 4 is 11.1 Å². The van der Waals surface area contributed by atoms with E-state index in [2.05, 4.69) is 0 Å². The Morgan fingerprint density at radius 2 is 1.03 bits per heavy atom. The molecule has 0 atom stereocenters. The van der Waals surface area contributed by atoms with Gasteiger partial charge in [-0.25, -0.2) is 0 Å². The van der Waals surface area contributed by atoms with Gasteiger partial charge in [-0.15, -0.1) is 0 Å². The van der Waals surface area contributed by atoms with Crippen LogP contribution >= 0.6 is 0 Å². The zero-order valence-corrected chi connectivity index (χ0v) is 16.9. The van der Waals surface area contributed by atoms with Gasteiger partial charge in [0.2, 0.25) is 0 Å². The summed E-state index contributed by atoms with van der Waals surface area (Å²) < 4.78 is 122. The molecule has 14 heteroatoms. The Balaban J connectivity index is 3.31. The molecule has 0 fully saturated rings. The van der Waals surface area contributed by atoms with Crippen molar-refractivity contribution in [2.75, 3.05) is 0 Å². The minimum absolute atomic E-state index is 0.0310. The van der Waals surface area contributed by atoms with Gasteiger partial charge in [0, 0.05) is 10.4 Å². The fourth-order valence-electron chi connectivity index (χ4n) is 3.12. The van der Waals surface area contributed by atoms with Crippen LogP contribution in [0.3, 0.4) is 0 Å². The predicted molar refractivity (Wildman–Crippen MR) is 99.3 cm³/mol. The summed E-state index contributed by atoms with van der Waals surface area (Å²) in [5.74, 6) is 0. The lowest BCUT2D eigenvalue weighted by Gasteiger charge is -2.17. The molecule has 0 spiro atoms. The topological polar surface area (TPSA) is 119 Å². The number of alkyl halides is 9. The number of halogens is 9. The Labute approximate surface area is 194 Å². The lowest BCUT2D eigenvalue weighted by molar-refractivity contribution is -0.143. The summed E-state index contributed by atoms with van der Waals surface area (Å²) in [5.41, 5.74) is -12.1. The molecule has 0 radical (unpaired) electrons. The highest BCUT2D eigenvalue weighted by atomic mass is 19.4. The van der Waals surface area contributed by atoms with E-state index in [0.717, 1.165) is 6.07 Å². The number of benzene rings is 2. The van der Waals surface area contributed by atoms with Crippen LogP contribution in [0.1, 0.15) is 33.4 Å². The number of nitrogens with zero attached hydrogens (tertiary/aromatic N) is 5. The monoisotopic (exact) mass is 509 g/mol. The average molecular weight is 509 g/mol. The molecule has 0 saturated heterocycles. The summed E-state index contributed by atoms with van der Waals surface area (Å²) in [6.07, 6.45) is -16.4. The van der Waals surface area contributed by atoms with Crippen molar-refractivity contribution in [2.45, 2.75) is 18.5 Å².